The zero-order valence-corrected chi connectivity index (χ0v) is 12.1. The van der Waals surface area contributed by atoms with Gasteiger partial charge in [-0.25, -0.2) is 4.98 Å². The summed E-state index contributed by atoms with van der Waals surface area (Å²) in [5.74, 6) is 0.578. The maximum Gasteiger partial charge on any atom is 0.217 e. The van der Waals surface area contributed by atoms with E-state index in [0.29, 0.717) is 12.4 Å². The molecule has 0 bridgehead atoms. The molecule has 1 aromatic rings. The van der Waals surface area contributed by atoms with Gasteiger partial charge in [0.2, 0.25) is 5.88 Å². The van der Waals surface area contributed by atoms with Gasteiger partial charge >= 0.3 is 0 Å². The standard InChI is InChI=1S/C14H24N2O3/c1-14(2,3)12-6-5-10(13(16-12)19-4)7-15-11(8-17)9-18/h5-6,11,15,17-18H,7-9H2,1-4H3. The number of aliphatic hydroxyl groups is 2. The molecule has 0 aliphatic heterocycles. The average molecular weight is 268 g/mol. The van der Waals surface area contributed by atoms with Gasteiger partial charge in [-0.3, -0.25) is 0 Å². The van der Waals surface area contributed by atoms with Gasteiger partial charge in [-0.15, -0.1) is 0 Å². The molecule has 108 valence electrons. The van der Waals surface area contributed by atoms with Gasteiger partial charge in [-0.2, -0.15) is 0 Å². The lowest BCUT2D eigenvalue weighted by atomic mass is 9.91. The third kappa shape index (κ3) is 4.45. The van der Waals surface area contributed by atoms with Crippen molar-refractivity contribution in [2.24, 2.45) is 0 Å². The Bertz CT molecular complexity index is 398. The minimum atomic E-state index is -0.327. The second-order valence-corrected chi connectivity index (χ2v) is 5.56. The minimum absolute atomic E-state index is 0.0298. The highest BCUT2D eigenvalue weighted by Crippen LogP contribution is 2.24. The maximum atomic E-state index is 9.01. The average Bonchev–Trinajstić information content (AvgIpc) is 2.38. The lowest BCUT2D eigenvalue weighted by Gasteiger charge is -2.20. The smallest absolute Gasteiger partial charge is 0.217 e. The van der Waals surface area contributed by atoms with Gasteiger partial charge in [0.15, 0.2) is 0 Å². The highest BCUT2D eigenvalue weighted by Gasteiger charge is 2.18. The van der Waals surface area contributed by atoms with Crippen LogP contribution in [0.25, 0.3) is 0 Å². The molecule has 0 aliphatic rings. The van der Waals surface area contributed by atoms with E-state index in [2.05, 4.69) is 31.1 Å². The first-order chi connectivity index (χ1) is 8.92. The van der Waals surface area contributed by atoms with E-state index in [0.717, 1.165) is 11.3 Å². The molecule has 1 heterocycles. The predicted molar refractivity (Wildman–Crippen MR) is 74.3 cm³/mol. The van der Waals surface area contributed by atoms with Crippen LogP contribution >= 0.6 is 0 Å². The Labute approximate surface area is 114 Å². The van der Waals surface area contributed by atoms with Crippen molar-refractivity contribution < 1.29 is 14.9 Å². The quantitative estimate of drug-likeness (QED) is 0.712. The fourth-order valence-corrected chi connectivity index (χ4v) is 1.64. The third-order valence-electron chi connectivity index (χ3n) is 2.92. The second kappa shape index (κ2) is 6.84. The highest BCUT2D eigenvalue weighted by atomic mass is 16.5. The van der Waals surface area contributed by atoms with Gasteiger partial charge in [0.25, 0.3) is 0 Å². The van der Waals surface area contributed by atoms with Crippen LogP contribution in [0.1, 0.15) is 32.0 Å². The Hall–Kier alpha value is -1.17. The van der Waals surface area contributed by atoms with Crippen molar-refractivity contribution in [3.63, 3.8) is 0 Å². The van der Waals surface area contributed by atoms with Gasteiger partial charge in [0.1, 0.15) is 0 Å². The molecule has 0 unspecified atom stereocenters. The Morgan fingerprint density at radius 2 is 1.89 bits per heavy atom. The molecule has 5 nitrogen and oxygen atoms in total. The number of aromatic nitrogens is 1. The fourth-order valence-electron chi connectivity index (χ4n) is 1.64. The summed E-state index contributed by atoms with van der Waals surface area (Å²) in [5.41, 5.74) is 1.84. The van der Waals surface area contributed by atoms with Crippen molar-refractivity contribution >= 4 is 0 Å². The van der Waals surface area contributed by atoms with Gasteiger partial charge in [0.05, 0.1) is 26.4 Å². The van der Waals surface area contributed by atoms with Crippen LogP contribution in [0.5, 0.6) is 5.88 Å². The number of rotatable bonds is 6. The van der Waals surface area contributed by atoms with Crippen LogP contribution in [0.15, 0.2) is 12.1 Å². The number of aliphatic hydroxyl groups excluding tert-OH is 2. The summed E-state index contributed by atoms with van der Waals surface area (Å²) in [4.78, 5) is 4.50. The van der Waals surface area contributed by atoms with E-state index in [-0.39, 0.29) is 24.7 Å². The molecule has 5 heteroatoms. The molecule has 1 aromatic heterocycles. The molecule has 0 aromatic carbocycles. The largest absolute Gasteiger partial charge is 0.481 e. The number of hydrogen-bond donors (Lipinski definition) is 3. The Balaban J connectivity index is 2.85. The van der Waals surface area contributed by atoms with E-state index in [4.69, 9.17) is 14.9 Å². The minimum Gasteiger partial charge on any atom is -0.481 e. The molecule has 0 saturated heterocycles. The van der Waals surface area contributed by atoms with E-state index in [9.17, 15) is 0 Å². The fraction of sp³-hybridized carbons (Fsp3) is 0.643. The van der Waals surface area contributed by atoms with E-state index < -0.39 is 0 Å². The first-order valence-electron chi connectivity index (χ1n) is 6.42. The summed E-state index contributed by atoms with van der Waals surface area (Å²) in [7, 11) is 1.59. The van der Waals surface area contributed by atoms with Gasteiger partial charge in [0, 0.05) is 23.2 Å². The second-order valence-electron chi connectivity index (χ2n) is 5.56. The van der Waals surface area contributed by atoms with E-state index in [1.54, 1.807) is 7.11 Å². The maximum absolute atomic E-state index is 9.01. The van der Waals surface area contributed by atoms with Crippen LogP contribution in [0.3, 0.4) is 0 Å². The topological polar surface area (TPSA) is 74.6 Å². The summed E-state index contributed by atoms with van der Waals surface area (Å²) in [6, 6.07) is 3.62. The molecule has 0 spiro atoms. The van der Waals surface area contributed by atoms with Crippen LogP contribution in [-0.4, -0.2) is 41.6 Å². The molecule has 0 amide bonds. The van der Waals surface area contributed by atoms with E-state index in [1.807, 2.05) is 12.1 Å². The lowest BCUT2D eigenvalue weighted by Crippen LogP contribution is -2.35. The first-order valence-corrected chi connectivity index (χ1v) is 6.42. The number of methoxy groups -OCH3 is 1. The highest BCUT2D eigenvalue weighted by molar-refractivity contribution is 5.30. The molecular formula is C14H24N2O3. The molecular weight excluding hydrogens is 244 g/mol. The first kappa shape index (κ1) is 15.9. The molecule has 19 heavy (non-hydrogen) atoms. The van der Waals surface area contributed by atoms with Crippen LogP contribution in [-0.2, 0) is 12.0 Å². The van der Waals surface area contributed by atoms with Crippen molar-refractivity contribution in [3.8, 4) is 5.88 Å². The van der Waals surface area contributed by atoms with Crippen molar-refractivity contribution in [2.45, 2.75) is 38.8 Å². The van der Waals surface area contributed by atoms with Gasteiger partial charge in [-0.1, -0.05) is 26.8 Å². The number of nitrogens with one attached hydrogen (secondary N) is 1. The van der Waals surface area contributed by atoms with Crippen molar-refractivity contribution in [2.75, 3.05) is 20.3 Å². The summed E-state index contributed by atoms with van der Waals surface area (Å²) in [5, 5.41) is 21.1. The zero-order chi connectivity index (χ0) is 14.5. The molecule has 0 aliphatic carbocycles. The summed E-state index contributed by atoms with van der Waals surface area (Å²) < 4.78 is 5.30. The number of pyridine rings is 1. The normalized spacial score (nSPS) is 11.9. The predicted octanol–water partition coefficient (Wildman–Crippen LogP) is 0.831. The Kier molecular flexibility index (Phi) is 5.72. The number of nitrogens with zero attached hydrogens (tertiary/aromatic N) is 1. The Morgan fingerprint density at radius 1 is 1.26 bits per heavy atom. The Morgan fingerprint density at radius 3 is 2.37 bits per heavy atom. The van der Waals surface area contributed by atoms with Gasteiger partial charge < -0.3 is 20.3 Å². The van der Waals surface area contributed by atoms with Crippen molar-refractivity contribution in [3.05, 3.63) is 23.4 Å². The van der Waals surface area contributed by atoms with E-state index >= 15 is 0 Å². The van der Waals surface area contributed by atoms with Crippen LogP contribution < -0.4 is 10.1 Å². The zero-order valence-electron chi connectivity index (χ0n) is 12.1. The molecule has 0 fully saturated rings. The summed E-state index contributed by atoms with van der Waals surface area (Å²) in [6.45, 7) is 6.58. The summed E-state index contributed by atoms with van der Waals surface area (Å²) >= 11 is 0. The van der Waals surface area contributed by atoms with Crippen LogP contribution in [0.2, 0.25) is 0 Å². The number of ether oxygens (including phenoxy) is 1. The molecule has 0 radical (unpaired) electrons. The molecule has 3 N–H and O–H groups in total. The van der Waals surface area contributed by atoms with Gasteiger partial charge in [-0.05, 0) is 6.07 Å². The lowest BCUT2D eigenvalue weighted by molar-refractivity contribution is 0.170. The SMILES string of the molecule is COc1nc(C(C)(C)C)ccc1CNC(CO)CO. The number of hydrogen-bond acceptors (Lipinski definition) is 5. The molecule has 0 atom stereocenters. The van der Waals surface area contributed by atoms with E-state index in [1.165, 1.54) is 0 Å². The van der Waals surface area contributed by atoms with Crippen LogP contribution in [0.4, 0.5) is 0 Å². The van der Waals surface area contributed by atoms with Crippen LogP contribution in [0, 0.1) is 0 Å². The molecule has 1 rings (SSSR count). The summed E-state index contributed by atoms with van der Waals surface area (Å²) in [6.07, 6.45) is 0. The van der Waals surface area contributed by atoms with Crippen molar-refractivity contribution in [1.29, 1.82) is 0 Å². The monoisotopic (exact) mass is 268 g/mol. The third-order valence-corrected chi connectivity index (χ3v) is 2.92. The van der Waals surface area contributed by atoms with Crippen molar-refractivity contribution in [1.82, 2.24) is 10.3 Å². The molecule has 0 saturated carbocycles.